The van der Waals surface area contributed by atoms with Crippen molar-refractivity contribution in [3.63, 3.8) is 0 Å². The molecule has 0 aliphatic rings. The molecule has 0 aliphatic carbocycles. The van der Waals surface area contributed by atoms with Crippen molar-refractivity contribution < 1.29 is 9.47 Å². The molecule has 0 amide bonds. The molecule has 0 saturated heterocycles. The predicted octanol–water partition coefficient (Wildman–Crippen LogP) is 3.39. The largest absolute Gasteiger partial charge is 0.490 e. The van der Waals surface area contributed by atoms with Crippen molar-refractivity contribution >= 4 is 23.1 Å². The Morgan fingerprint density at radius 1 is 1.26 bits per heavy atom. The van der Waals surface area contributed by atoms with E-state index in [1.165, 1.54) is 0 Å². The van der Waals surface area contributed by atoms with Crippen molar-refractivity contribution in [2.24, 2.45) is 0 Å². The number of rotatable bonds is 6. The first-order chi connectivity index (χ1) is 11.1. The van der Waals surface area contributed by atoms with Gasteiger partial charge in [-0.25, -0.2) is 0 Å². The summed E-state index contributed by atoms with van der Waals surface area (Å²) in [7, 11) is 1.61. The number of nitrogens with zero attached hydrogens (tertiary/aromatic N) is 3. The molecule has 120 valence electrons. The average Bonchev–Trinajstić information content (AvgIpc) is 2.53. The van der Waals surface area contributed by atoms with Gasteiger partial charge in [0, 0.05) is 12.8 Å². The first-order valence-electron chi connectivity index (χ1n) is 6.99. The number of anilines is 2. The Morgan fingerprint density at radius 3 is 2.70 bits per heavy atom. The molecule has 1 N–H and O–H groups in total. The molecule has 2 aromatic rings. The highest BCUT2D eigenvalue weighted by molar-refractivity contribution is 6.32. The van der Waals surface area contributed by atoms with Crippen LogP contribution >= 0.6 is 11.6 Å². The molecule has 0 unspecified atom stereocenters. The van der Waals surface area contributed by atoms with Gasteiger partial charge in [-0.15, -0.1) is 5.10 Å². The van der Waals surface area contributed by atoms with Gasteiger partial charge in [0.15, 0.2) is 5.82 Å². The fourth-order valence-corrected chi connectivity index (χ4v) is 2.14. The second kappa shape index (κ2) is 7.77. The Morgan fingerprint density at radius 2 is 2.04 bits per heavy atom. The van der Waals surface area contributed by atoms with E-state index in [2.05, 4.69) is 21.6 Å². The van der Waals surface area contributed by atoms with Crippen LogP contribution in [0.15, 0.2) is 18.2 Å². The van der Waals surface area contributed by atoms with Crippen molar-refractivity contribution in [1.82, 2.24) is 10.2 Å². The molecule has 1 aromatic heterocycles. The van der Waals surface area contributed by atoms with Gasteiger partial charge < -0.3 is 14.8 Å². The van der Waals surface area contributed by atoms with E-state index in [9.17, 15) is 5.26 Å². The minimum Gasteiger partial charge on any atom is -0.490 e. The van der Waals surface area contributed by atoms with Crippen LogP contribution in [0.25, 0.3) is 0 Å². The van der Waals surface area contributed by atoms with E-state index in [0.29, 0.717) is 41.1 Å². The van der Waals surface area contributed by atoms with Crippen LogP contribution in [0, 0.1) is 25.2 Å². The van der Waals surface area contributed by atoms with E-state index >= 15 is 0 Å². The summed E-state index contributed by atoms with van der Waals surface area (Å²) >= 11 is 6.20. The highest BCUT2D eigenvalue weighted by Crippen LogP contribution is 2.30. The van der Waals surface area contributed by atoms with Crippen molar-refractivity contribution in [3.8, 4) is 11.8 Å². The Kier molecular flexibility index (Phi) is 5.74. The molecule has 0 atom stereocenters. The summed E-state index contributed by atoms with van der Waals surface area (Å²) in [5.41, 5.74) is 2.69. The molecular weight excluding hydrogens is 316 g/mol. The monoisotopic (exact) mass is 332 g/mol. The topological polar surface area (TPSA) is 80.1 Å². The van der Waals surface area contributed by atoms with Crippen LogP contribution in [0.4, 0.5) is 11.5 Å². The molecule has 23 heavy (non-hydrogen) atoms. The van der Waals surface area contributed by atoms with Crippen LogP contribution in [0.2, 0.25) is 5.02 Å². The van der Waals surface area contributed by atoms with Crippen LogP contribution in [-0.2, 0) is 4.74 Å². The third-order valence-electron chi connectivity index (χ3n) is 3.31. The number of ether oxygens (including phenoxy) is 2. The SMILES string of the molecule is COCCOc1ccc(Nc2nnc(C)c(C)c2C#N)cc1Cl. The van der Waals surface area contributed by atoms with Gasteiger partial charge in [0.1, 0.15) is 24.0 Å². The molecule has 0 radical (unpaired) electrons. The summed E-state index contributed by atoms with van der Waals surface area (Å²) in [6.07, 6.45) is 0. The van der Waals surface area contributed by atoms with Crippen molar-refractivity contribution in [1.29, 1.82) is 5.26 Å². The zero-order chi connectivity index (χ0) is 16.8. The van der Waals surface area contributed by atoms with Gasteiger partial charge in [0.25, 0.3) is 0 Å². The minimum absolute atomic E-state index is 0.403. The van der Waals surface area contributed by atoms with Gasteiger partial charge >= 0.3 is 0 Å². The maximum Gasteiger partial charge on any atom is 0.171 e. The van der Waals surface area contributed by atoms with Gasteiger partial charge in [-0.1, -0.05) is 11.6 Å². The summed E-state index contributed by atoms with van der Waals surface area (Å²) < 4.78 is 10.4. The van der Waals surface area contributed by atoms with E-state index < -0.39 is 0 Å². The zero-order valence-corrected chi connectivity index (χ0v) is 13.9. The molecule has 7 heteroatoms. The third kappa shape index (κ3) is 4.09. The minimum atomic E-state index is 0.403. The van der Waals surface area contributed by atoms with Gasteiger partial charge in [-0.3, -0.25) is 0 Å². The molecule has 1 aromatic carbocycles. The molecule has 0 fully saturated rings. The number of aromatic nitrogens is 2. The number of benzene rings is 1. The van der Waals surface area contributed by atoms with Crippen molar-refractivity contribution in [2.45, 2.75) is 13.8 Å². The zero-order valence-electron chi connectivity index (χ0n) is 13.2. The first-order valence-corrected chi connectivity index (χ1v) is 7.37. The number of hydrogen-bond acceptors (Lipinski definition) is 6. The average molecular weight is 333 g/mol. The summed E-state index contributed by atoms with van der Waals surface area (Å²) in [5, 5.41) is 20.9. The molecule has 0 aliphatic heterocycles. The second-order valence-electron chi connectivity index (χ2n) is 4.86. The third-order valence-corrected chi connectivity index (χ3v) is 3.60. The lowest BCUT2D eigenvalue weighted by molar-refractivity contribution is 0.146. The fraction of sp³-hybridized carbons (Fsp3) is 0.312. The normalized spacial score (nSPS) is 10.2. The van der Waals surface area contributed by atoms with E-state index in [4.69, 9.17) is 21.1 Å². The van der Waals surface area contributed by atoms with Crippen molar-refractivity contribution in [3.05, 3.63) is 40.0 Å². The summed E-state index contributed by atoms with van der Waals surface area (Å²) in [6.45, 7) is 4.56. The van der Waals surface area contributed by atoms with Crippen LogP contribution in [0.1, 0.15) is 16.8 Å². The Balaban J connectivity index is 2.20. The Labute approximate surface area is 140 Å². The summed E-state index contributed by atoms with van der Waals surface area (Å²) in [4.78, 5) is 0. The lowest BCUT2D eigenvalue weighted by Gasteiger charge is -2.12. The fourth-order valence-electron chi connectivity index (χ4n) is 1.90. The molecule has 0 spiro atoms. The van der Waals surface area contributed by atoms with Crippen molar-refractivity contribution in [2.75, 3.05) is 25.6 Å². The smallest absolute Gasteiger partial charge is 0.171 e. The summed E-state index contributed by atoms with van der Waals surface area (Å²) in [6, 6.07) is 7.41. The standard InChI is InChI=1S/C16H17ClN4O2/c1-10-11(2)20-21-16(13(10)9-18)19-12-4-5-15(14(17)8-12)23-7-6-22-3/h4-5,8H,6-7H2,1-3H3,(H,19,21). The lowest BCUT2D eigenvalue weighted by atomic mass is 10.1. The van der Waals surface area contributed by atoms with Crippen LogP contribution < -0.4 is 10.1 Å². The van der Waals surface area contributed by atoms with Gasteiger partial charge in [-0.2, -0.15) is 10.4 Å². The Hall–Kier alpha value is -2.36. The first kappa shape index (κ1) is 17.0. The number of halogens is 1. The second-order valence-corrected chi connectivity index (χ2v) is 5.26. The lowest BCUT2D eigenvalue weighted by Crippen LogP contribution is -2.05. The highest BCUT2D eigenvalue weighted by Gasteiger charge is 2.12. The molecule has 2 rings (SSSR count). The predicted molar refractivity (Wildman–Crippen MR) is 88.3 cm³/mol. The van der Waals surface area contributed by atoms with Crippen LogP contribution in [-0.4, -0.2) is 30.5 Å². The molecule has 1 heterocycles. The van der Waals surface area contributed by atoms with Gasteiger partial charge in [-0.05, 0) is 37.6 Å². The van der Waals surface area contributed by atoms with E-state index in [1.807, 2.05) is 13.8 Å². The molecule has 0 saturated carbocycles. The molecule has 0 bridgehead atoms. The quantitative estimate of drug-likeness (QED) is 0.817. The number of nitrogens with one attached hydrogen (secondary N) is 1. The highest BCUT2D eigenvalue weighted by atomic mass is 35.5. The van der Waals surface area contributed by atoms with E-state index in [0.717, 1.165) is 11.3 Å². The number of nitriles is 1. The van der Waals surface area contributed by atoms with Gasteiger partial charge in [0.05, 0.1) is 17.3 Å². The van der Waals surface area contributed by atoms with E-state index in [-0.39, 0.29) is 0 Å². The van der Waals surface area contributed by atoms with Crippen LogP contribution in [0.3, 0.4) is 0 Å². The molecular formula is C16H17ClN4O2. The van der Waals surface area contributed by atoms with Crippen LogP contribution in [0.5, 0.6) is 5.75 Å². The number of aryl methyl sites for hydroxylation is 1. The maximum absolute atomic E-state index is 9.31. The van der Waals surface area contributed by atoms with E-state index in [1.54, 1.807) is 25.3 Å². The summed E-state index contributed by atoms with van der Waals surface area (Å²) in [5.74, 6) is 0.973. The maximum atomic E-state index is 9.31. The van der Waals surface area contributed by atoms with Gasteiger partial charge in [0.2, 0.25) is 0 Å². The number of hydrogen-bond donors (Lipinski definition) is 1. The Bertz CT molecular complexity index is 744. The molecule has 6 nitrogen and oxygen atoms in total. The number of methoxy groups -OCH3 is 1.